The summed E-state index contributed by atoms with van der Waals surface area (Å²) in [6.45, 7) is 3.74. The van der Waals surface area contributed by atoms with Crippen molar-refractivity contribution >= 4 is 46.8 Å². The fraction of sp³-hybridized carbons (Fsp3) is 0.429. The molecule has 2 N–H and O–H groups in total. The number of carboxylic acids is 1. The molecule has 0 radical (unpaired) electrons. The van der Waals surface area contributed by atoms with Gasteiger partial charge in [-0.05, 0) is 24.1 Å². The highest BCUT2D eigenvalue weighted by molar-refractivity contribution is 8.00. The minimum Gasteiger partial charge on any atom is -0.481 e. The molecule has 1 unspecified atom stereocenters. The van der Waals surface area contributed by atoms with Crippen LogP contribution in [0.2, 0.25) is 10.0 Å². The lowest BCUT2D eigenvalue weighted by atomic mass is 10.0. The molecular formula is C14H17Cl2NO3S. The zero-order valence-electron chi connectivity index (χ0n) is 11.7. The molecule has 21 heavy (non-hydrogen) atoms. The molecule has 4 nitrogen and oxygen atoms in total. The van der Waals surface area contributed by atoms with Crippen LogP contribution < -0.4 is 5.32 Å². The number of carboxylic acid groups (broad SMARTS) is 1. The first-order valence-electron chi connectivity index (χ1n) is 6.38. The van der Waals surface area contributed by atoms with Crippen LogP contribution in [0.3, 0.4) is 0 Å². The van der Waals surface area contributed by atoms with Crippen molar-refractivity contribution in [2.75, 3.05) is 5.75 Å². The molecule has 0 aliphatic rings. The van der Waals surface area contributed by atoms with Gasteiger partial charge in [0.1, 0.15) is 0 Å². The number of rotatable bonds is 7. The van der Waals surface area contributed by atoms with Gasteiger partial charge >= 0.3 is 5.97 Å². The van der Waals surface area contributed by atoms with Crippen molar-refractivity contribution in [1.82, 2.24) is 5.32 Å². The van der Waals surface area contributed by atoms with Crippen molar-refractivity contribution in [3.63, 3.8) is 0 Å². The Balaban J connectivity index is 2.56. The molecule has 0 aliphatic heterocycles. The number of amides is 1. The third-order valence-electron chi connectivity index (χ3n) is 2.80. The van der Waals surface area contributed by atoms with E-state index in [2.05, 4.69) is 5.32 Å². The van der Waals surface area contributed by atoms with Gasteiger partial charge in [-0.25, -0.2) is 0 Å². The van der Waals surface area contributed by atoms with Crippen LogP contribution in [0.25, 0.3) is 0 Å². The Bertz CT molecular complexity index is 523. The second kappa shape index (κ2) is 8.51. The van der Waals surface area contributed by atoms with Gasteiger partial charge in [0.05, 0.1) is 17.2 Å². The van der Waals surface area contributed by atoms with Crippen LogP contribution in [0.4, 0.5) is 0 Å². The van der Waals surface area contributed by atoms with E-state index in [1.165, 1.54) is 11.8 Å². The molecule has 0 bridgehead atoms. The van der Waals surface area contributed by atoms with Crippen LogP contribution in [0.5, 0.6) is 0 Å². The SMILES string of the molecule is CC(C)C(CC(=O)O)NC(=O)CSc1cc(Cl)ccc1Cl. The van der Waals surface area contributed by atoms with Crippen molar-refractivity contribution in [2.24, 2.45) is 5.92 Å². The number of nitrogens with one attached hydrogen (secondary N) is 1. The summed E-state index contributed by atoms with van der Waals surface area (Å²) in [7, 11) is 0. The Morgan fingerprint density at radius 1 is 1.33 bits per heavy atom. The Labute approximate surface area is 138 Å². The third-order valence-corrected chi connectivity index (χ3v) is 4.53. The molecule has 0 saturated carbocycles. The van der Waals surface area contributed by atoms with Gasteiger partial charge in [0.2, 0.25) is 5.91 Å². The first-order chi connectivity index (χ1) is 9.79. The summed E-state index contributed by atoms with van der Waals surface area (Å²) in [4.78, 5) is 23.4. The third kappa shape index (κ3) is 6.59. The first kappa shape index (κ1) is 18.1. The molecule has 0 saturated heterocycles. The number of carbonyl (C=O) groups excluding carboxylic acids is 1. The molecule has 1 aromatic carbocycles. The molecule has 1 amide bonds. The molecule has 1 atom stereocenters. The lowest BCUT2D eigenvalue weighted by molar-refractivity contribution is -0.138. The van der Waals surface area contributed by atoms with Gasteiger partial charge in [0.15, 0.2) is 0 Å². The van der Waals surface area contributed by atoms with E-state index in [-0.39, 0.29) is 30.0 Å². The lowest BCUT2D eigenvalue weighted by Gasteiger charge is -2.20. The summed E-state index contributed by atoms with van der Waals surface area (Å²) >= 11 is 13.2. The minimum atomic E-state index is -0.931. The van der Waals surface area contributed by atoms with Crippen LogP contribution in [0.1, 0.15) is 20.3 Å². The molecule has 0 fully saturated rings. The fourth-order valence-electron chi connectivity index (χ4n) is 1.62. The van der Waals surface area contributed by atoms with Gasteiger partial charge in [-0.1, -0.05) is 37.0 Å². The van der Waals surface area contributed by atoms with Crippen molar-refractivity contribution < 1.29 is 14.7 Å². The molecular weight excluding hydrogens is 333 g/mol. The molecule has 1 aromatic rings. The molecule has 0 spiro atoms. The summed E-state index contributed by atoms with van der Waals surface area (Å²) in [5.74, 6) is -0.955. The normalized spacial score (nSPS) is 12.2. The van der Waals surface area contributed by atoms with E-state index in [1.807, 2.05) is 13.8 Å². The van der Waals surface area contributed by atoms with Crippen molar-refractivity contribution in [2.45, 2.75) is 31.2 Å². The number of aliphatic carboxylic acids is 1. The standard InChI is InChI=1S/C14H17Cl2NO3S/c1-8(2)11(6-14(19)20)17-13(18)7-21-12-5-9(15)3-4-10(12)16/h3-5,8,11H,6-7H2,1-2H3,(H,17,18)(H,19,20). The van der Waals surface area contributed by atoms with E-state index in [0.717, 1.165) is 4.90 Å². The smallest absolute Gasteiger partial charge is 0.305 e. The van der Waals surface area contributed by atoms with Gasteiger partial charge in [0.25, 0.3) is 0 Å². The maximum Gasteiger partial charge on any atom is 0.305 e. The predicted molar refractivity (Wildman–Crippen MR) is 86.2 cm³/mol. The monoisotopic (exact) mass is 349 g/mol. The van der Waals surface area contributed by atoms with E-state index in [9.17, 15) is 9.59 Å². The van der Waals surface area contributed by atoms with Gasteiger partial charge < -0.3 is 10.4 Å². The number of benzene rings is 1. The molecule has 1 rings (SSSR count). The number of halogens is 2. The molecule has 0 aliphatic carbocycles. The van der Waals surface area contributed by atoms with Crippen LogP contribution in [-0.2, 0) is 9.59 Å². The highest BCUT2D eigenvalue weighted by Gasteiger charge is 2.19. The van der Waals surface area contributed by atoms with Crippen LogP contribution in [0, 0.1) is 5.92 Å². The van der Waals surface area contributed by atoms with E-state index in [0.29, 0.717) is 10.0 Å². The zero-order chi connectivity index (χ0) is 16.0. The maximum atomic E-state index is 11.9. The predicted octanol–water partition coefficient (Wildman–Crippen LogP) is 3.70. The van der Waals surface area contributed by atoms with Gasteiger partial charge in [-0.15, -0.1) is 11.8 Å². The minimum absolute atomic E-state index is 0.0461. The lowest BCUT2D eigenvalue weighted by Crippen LogP contribution is -2.40. The van der Waals surface area contributed by atoms with E-state index in [1.54, 1.807) is 18.2 Å². The Morgan fingerprint density at radius 3 is 2.57 bits per heavy atom. The van der Waals surface area contributed by atoms with Crippen molar-refractivity contribution in [1.29, 1.82) is 0 Å². The van der Waals surface area contributed by atoms with Gasteiger partial charge in [0, 0.05) is 16.0 Å². The van der Waals surface area contributed by atoms with Crippen LogP contribution >= 0.6 is 35.0 Å². The second-order valence-electron chi connectivity index (χ2n) is 4.88. The van der Waals surface area contributed by atoms with E-state index < -0.39 is 5.97 Å². The molecule has 7 heteroatoms. The second-order valence-corrected chi connectivity index (χ2v) is 6.74. The average molecular weight is 350 g/mol. The summed E-state index contributed by atoms with van der Waals surface area (Å²) < 4.78 is 0. The van der Waals surface area contributed by atoms with Crippen LogP contribution in [0.15, 0.2) is 23.1 Å². The Kier molecular flexibility index (Phi) is 7.35. The number of carbonyl (C=O) groups is 2. The number of thioether (sulfide) groups is 1. The van der Waals surface area contributed by atoms with Gasteiger partial charge in [-0.2, -0.15) is 0 Å². The Morgan fingerprint density at radius 2 is 2.00 bits per heavy atom. The average Bonchev–Trinajstić information content (AvgIpc) is 2.38. The highest BCUT2D eigenvalue weighted by Crippen LogP contribution is 2.29. The molecule has 116 valence electrons. The number of hydrogen-bond acceptors (Lipinski definition) is 3. The quantitative estimate of drug-likeness (QED) is 0.736. The molecule has 0 aromatic heterocycles. The maximum absolute atomic E-state index is 11.9. The highest BCUT2D eigenvalue weighted by atomic mass is 35.5. The fourth-order valence-corrected chi connectivity index (χ4v) is 2.93. The van der Waals surface area contributed by atoms with Crippen molar-refractivity contribution in [3.8, 4) is 0 Å². The van der Waals surface area contributed by atoms with E-state index >= 15 is 0 Å². The summed E-state index contributed by atoms with van der Waals surface area (Å²) in [5, 5.41) is 12.6. The van der Waals surface area contributed by atoms with E-state index in [4.69, 9.17) is 28.3 Å². The van der Waals surface area contributed by atoms with Gasteiger partial charge in [-0.3, -0.25) is 9.59 Å². The summed E-state index contributed by atoms with van der Waals surface area (Å²) in [6, 6.07) is 4.66. The van der Waals surface area contributed by atoms with Crippen molar-refractivity contribution in [3.05, 3.63) is 28.2 Å². The van der Waals surface area contributed by atoms with Crippen LogP contribution in [-0.4, -0.2) is 28.8 Å². The number of hydrogen-bond donors (Lipinski definition) is 2. The summed E-state index contributed by atoms with van der Waals surface area (Å²) in [6.07, 6.45) is -0.0913. The molecule has 0 heterocycles. The zero-order valence-corrected chi connectivity index (χ0v) is 14.1. The summed E-state index contributed by atoms with van der Waals surface area (Å²) in [5.41, 5.74) is 0. The Hall–Kier alpha value is -0.910. The first-order valence-corrected chi connectivity index (χ1v) is 8.12. The topological polar surface area (TPSA) is 66.4 Å². The largest absolute Gasteiger partial charge is 0.481 e.